The largest absolute Gasteiger partial charge is 0.454 e. The van der Waals surface area contributed by atoms with Crippen LogP contribution < -0.4 is 29.6 Å². The van der Waals surface area contributed by atoms with Gasteiger partial charge in [0.2, 0.25) is 13.6 Å². The second kappa shape index (κ2) is 8.87. The molecule has 2 aromatic rings. The summed E-state index contributed by atoms with van der Waals surface area (Å²) in [5.74, 6) is 3.76. The van der Waals surface area contributed by atoms with E-state index in [0.29, 0.717) is 19.0 Å². The molecular formula is C18H19BrIN3O4. The van der Waals surface area contributed by atoms with Crippen LogP contribution in [0.15, 0.2) is 39.8 Å². The fourth-order valence-corrected chi connectivity index (χ4v) is 3.37. The summed E-state index contributed by atoms with van der Waals surface area (Å²) < 4.78 is 22.5. The number of hydrogen-bond donors (Lipinski definition) is 2. The number of ether oxygens (including phenoxy) is 4. The van der Waals surface area contributed by atoms with Crippen molar-refractivity contribution in [1.82, 2.24) is 10.6 Å². The molecule has 0 fully saturated rings. The molecule has 0 aliphatic carbocycles. The summed E-state index contributed by atoms with van der Waals surface area (Å²) in [5, 5.41) is 6.58. The van der Waals surface area contributed by atoms with Crippen LogP contribution in [0.2, 0.25) is 0 Å². The summed E-state index contributed by atoms with van der Waals surface area (Å²) in [7, 11) is 1.74. The van der Waals surface area contributed by atoms with E-state index in [1.165, 1.54) is 0 Å². The van der Waals surface area contributed by atoms with E-state index >= 15 is 0 Å². The van der Waals surface area contributed by atoms with E-state index in [0.717, 1.165) is 38.6 Å². The number of fused-ring (bicyclic) bond motifs is 2. The normalized spacial score (nSPS) is 13.9. The molecule has 4 rings (SSSR count). The lowest BCUT2D eigenvalue weighted by Crippen LogP contribution is -2.36. The van der Waals surface area contributed by atoms with E-state index in [1.807, 2.05) is 30.3 Å². The van der Waals surface area contributed by atoms with E-state index < -0.39 is 0 Å². The molecule has 0 bridgehead atoms. The number of guanidine groups is 1. The molecule has 7 nitrogen and oxygen atoms in total. The van der Waals surface area contributed by atoms with Crippen LogP contribution in [0.5, 0.6) is 23.0 Å². The standard InChI is InChI=1S/C18H18BrN3O4.HI/c1-20-18(21-7-11-2-3-14-15(5-11)24-9-23-14)22-8-12-4-13(19)17-16(6-12)25-10-26-17;/h2-6H,7-10H2,1H3,(H2,20,21,22);1H. The third-order valence-electron chi connectivity index (χ3n) is 4.07. The maximum atomic E-state index is 5.45. The molecule has 0 aromatic heterocycles. The van der Waals surface area contributed by atoms with Crippen LogP contribution >= 0.6 is 39.9 Å². The molecule has 0 atom stereocenters. The van der Waals surface area contributed by atoms with Crippen molar-refractivity contribution in [2.24, 2.45) is 4.99 Å². The number of rotatable bonds is 4. The average Bonchev–Trinajstić information content (AvgIpc) is 3.30. The highest BCUT2D eigenvalue weighted by molar-refractivity contribution is 14.0. The Bertz CT molecular complexity index is 863. The summed E-state index contributed by atoms with van der Waals surface area (Å²) in [6.45, 7) is 1.77. The Kier molecular flexibility index (Phi) is 6.53. The molecule has 0 unspecified atom stereocenters. The van der Waals surface area contributed by atoms with Crippen LogP contribution in [0.3, 0.4) is 0 Å². The van der Waals surface area contributed by atoms with Gasteiger partial charge in [0, 0.05) is 20.1 Å². The van der Waals surface area contributed by atoms with E-state index in [1.54, 1.807) is 7.05 Å². The smallest absolute Gasteiger partial charge is 0.231 e. The molecule has 2 N–H and O–H groups in total. The fourth-order valence-electron chi connectivity index (χ4n) is 2.77. The van der Waals surface area contributed by atoms with Gasteiger partial charge in [0.05, 0.1) is 4.47 Å². The monoisotopic (exact) mass is 547 g/mol. The fraction of sp³-hybridized carbons (Fsp3) is 0.278. The van der Waals surface area contributed by atoms with Gasteiger partial charge in [0.1, 0.15) is 0 Å². The Labute approximate surface area is 182 Å². The Morgan fingerprint density at radius 2 is 1.59 bits per heavy atom. The molecule has 2 heterocycles. The zero-order valence-corrected chi connectivity index (χ0v) is 18.5. The van der Waals surface area contributed by atoms with Crippen LogP contribution in [0.4, 0.5) is 0 Å². The quantitative estimate of drug-likeness (QED) is 0.347. The SMILES string of the molecule is CN=C(NCc1ccc2c(c1)OCO2)NCc1cc(Br)c2c(c1)OCO2.I. The lowest BCUT2D eigenvalue weighted by Gasteiger charge is -2.13. The van der Waals surface area contributed by atoms with Crippen LogP contribution in [-0.2, 0) is 13.1 Å². The number of nitrogens with zero attached hydrogens (tertiary/aromatic N) is 1. The Balaban J connectivity index is 0.00000210. The van der Waals surface area contributed by atoms with E-state index in [4.69, 9.17) is 18.9 Å². The van der Waals surface area contributed by atoms with Crippen molar-refractivity contribution in [3.05, 3.63) is 45.9 Å². The minimum Gasteiger partial charge on any atom is -0.454 e. The molecule has 2 aliphatic heterocycles. The van der Waals surface area contributed by atoms with Crippen LogP contribution in [-0.4, -0.2) is 26.6 Å². The predicted octanol–water partition coefficient (Wildman–Crippen LogP) is 3.39. The van der Waals surface area contributed by atoms with Crippen molar-refractivity contribution in [3.63, 3.8) is 0 Å². The first-order chi connectivity index (χ1) is 12.7. The van der Waals surface area contributed by atoms with Crippen molar-refractivity contribution in [2.75, 3.05) is 20.6 Å². The molecule has 0 saturated heterocycles. The first-order valence-electron chi connectivity index (χ1n) is 8.14. The van der Waals surface area contributed by atoms with Crippen LogP contribution in [0, 0.1) is 0 Å². The third kappa shape index (κ3) is 4.52. The number of hydrogen-bond acceptors (Lipinski definition) is 5. The van der Waals surface area contributed by atoms with Crippen molar-refractivity contribution in [1.29, 1.82) is 0 Å². The summed E-state index contributed by atoms with van der Waals surface area (Å²) in [5.41, 5.74) is 2.15. The molecule has 0 saturated carbocycles. The van der Waals surface area contributed by atoms with Crippen LogP contribution in [0.25, 0.3) is 0 Å². The van der Waals surface area contributed by atoms with Gasteiger partial charge in [0.15, 0.2) is 29.0 Å². The Morgan fingerprint density at radius 1 is 0.926 bits per heavy atom. The zero-order chi connectivity index (χ0) is 17.9. The van der Waals surface area contributed by atoms with Gasteiger partial charge < -0.3 is 29.6 Å². The van der Waals surface area contributed by atoms with Gasteiger partial charge >= 0.3 is 0 Å². The number of benzene rings is 2. The maximum absolute atomic E-state index is 5.45. The van der Waals surface area contributed by atoms with E-state index in [9.17, 15) is 0 Å². The highest BCUT2D eigenvalue weighted by atomic mass is 127. The highest BCUT2D eigenvalue weighted by Gasteiger charge is 2.18. The third-order valence-corrected chi connectivity index (χ3v) is 4.66. The molecule has 27 heavy (non-hydrogen) atoms. The summed E-state index contributed by atoms with van der Waals surface area (Å²) >= 11 is 3.51. The summed E-state index contributed by atoms with van der Waals surface area (Å²) in [6, 6.07) is 9.86. The molecular weight excluding hydrogens is 529 g/mol. The lowest BCUT2D eigenvalue weighted by molar-refractivity contribution is 0.173. The molecule has 2 aromatic carbocycles. The first kappa shape index (κ1) is 19.9. The number of nitrogens with one attached hydrogen (secondary N) is 2. The first-order valence-corrected chi connectivity index (χ1v) is 8.93. The Hall–Kier alpha value is -1.88. The summed E-state index contributed by atoms with van der Waals surface area (Å²) in [6.07, 6.45) is 0. The zero-order valence-electron chi connectivity index (χ0n) is 14.6. The van der Waals surface area contributed by atoms with Crippen molar-refractivity contribution >= 4 is 45.9 Å². The van der Waals surface area contributed by atoms with Gasteiger partial charge in [-0.05, 0) is 51.3 Å². The van der Waals surface area contributed by atoms with Gasteiger partial charge in [-0.15, -0.1) is 24.0 Å². The van der Waals surface area contributed by atoms with Gasteiger partial charge in [-0.2, -0.15) is 0 Å². The van der Waals surface area contributed by atoms with Gasteiger partial charge in [-0.3, -0.25) is 4.99 Å². The minimum atomic E-state index is 0. The molecule has 2 aliphatic rings. The topological polar surface area (TPSA) is 73.3 Å². The Morgan fingerprint density at radius 3 is 2.41 bits per heavy atom. The van der Waals surface area contributed by atoms with Gasteiger partial charge in [-0.25, -0.2) is 0 Å². The minimum absolute atomic E-state index is 0. The second-order valence-electron chi connectivity index (χ2n) is 5.78. The number of aliphatic imine (C=N–C) groups is 1. The van der Waals surface area contributed by atoms with Gasteiger partial charge in [-0.1, -0.05) is 6.07 Å². The molecule has 0 amide bonds. The molecule has 144 valence electrons. The predicted molar refractivity (Wildman–Crippen MR) is 115 cm³/mol. The van der Waals surface area contributed by atoms with E-state index in [2.05, 4.69) is 31.6 Å². The molecule has 0 spiro atoms. The van der Waals surface area contributed by atoms with Crippen molar-refractivity contribution in [3.8, 4) is 23.0 Å². The van der Waals surface area contributed by atoms with Crippen molar-refractivity contribution < 1.29 is 18.9 Å². The second-order valence-corrected chi connectivity index (χ2v) is 6.63. The average molecular weight is 548 g/mol. The number of halogens is 2. The molecule has 0 radical (unpaired) electrons. The van der Waals surface area contributed by atoms with Crippen molar-refractivity contribution in [2.45, 2.75) is 13.1 Å². The highest BCUT2D eigenvalue weighted by Crippen LogP contribution is 2.40. The van der Waals surface area contributed by atoms with Gasteiger partial charge in [0.25, 0.3) is 0 Å². The maximum Gasteiger partial charge on any atom is 0.231 e. The lowest BCUT2D eigenvalue weighted by atomic mass is 10.2. The van der Waals surface area contributed by atoms with E-state index in [-0.39, 0.29) is 37.6 Å². The molecule has 9 heteroatoms. The van der Waals surface area contributed by atoms with Crippen LogP contribution in [0.1, 0.15) is 11.1 Å². The summed E-state index contributed by atoms with van der Waals surface area (Å²) in [4.78, 5) is 4.26.